The second-order valence-corrected chi connectivity index (χ2v) is 8.44. The fourth-order valence-electron chi connectivity index (χ4n) is 3.83. The van der Waals surface area contributed by atoms with Gasteiger partial charge in [0.25, 0.3) is 5.78 Å². The Kier molecular flexibility index (Phi) is 5.27. The van der Waals surface area contributed by atoms with Gasteiger partial charge in [-0.15, -0.1) is 11.3 Å². The number of ketones is 1. The van der Waals surface area contributed by atoms with Crippen LogP contribution in [-0.2, 0) is 0 Å². The minimum absolute atomic E-state index is 0.0218. The van der Waals surface area contributed by atoms with E-state index in [1.54, 1.807) is 24.3 Å². The van der Waals surface area contributed by atoms with Crippen molar-refractivity contribution >= 4 is 38.8 Å². The third-order valence-electron chi connectivity index (χ3n) is 5.48. The Bertz CT molecular complexity index is 1690. The van der Waals surface area contributed by atoms with Crippen LogP contribution in [0, 0.1) is 11.3 Å². The van der Waals surface area contributed by atoms with Crippen molar-refractivity contribution in [2.75, 3.05) is 18.6 Å². The Morgan fingerprint density at radius 1 is 1.17 bits per heavy atom. The molecule has 10 nitrogen and oxygen atoms in total. The Morgan fingerprint density at radius 3 is 2.54 bits per heavy atom. The number of fused-ring (bicyclic) bond motifs is 1. The molecule has 5 rings (SSSR count). The molecule has 35 heavy (non-hydrogen) atoms. The number of nitrogens with one attached hydrogen (secondary N) is 1. The smallest absolute Gasteiger partial charge is 0.439 e. The topological polar surface area (TPSA) is 165 Å². The SMILES string of the molecule is COc1ccc(-[n+]2[nH]oc(=O)c2C(=O)c2sc3nc(N)c(C#N)c(-c4ccccc4)c3c2N)cc1. The number of nitrogens with two attached hydrogens (primary N) is 2. The highest BCUT2D eigenvalue weighted by atomic mass is 32.1. The first-order chi connectivity index (χ1) is 16.9. The van der Waals surface area contributed by atoms with E-state index in [1.807, 2.05) is 30.3 Å². The van der Waals surface area contributed by atoms with Gasteiger partial charge in [0.15, 0.2) is 0 Å². The van der Waals surface area contributed by atoms with Gasteiger partial charge in [0, 0.05) is 23.1 Å². The van der Waals surface area contributed by atoms with Gasteiger partial charge in [-0.2, -0.15) is 5.26 Å². The van der Waals surface area contributed by atoms with Crippen LogP contribution in [0.25, 0.3) is 27.0 Å². The standard InChI is InChI=1S/C24H16N6O4S/c1-33-14-9-7-13(8-10-14)30-19(24(32)34-29-30)20(31)21-18(26)17-16(12-5-3-2-4-6-12)15(11-25)22(27)28-23(17)35-21/h2-10H,1H3,(H4-,26,27,28,29,31,32)/p+1. The number of aromatic nitrogens is 3. The number of hydrogen-bond donors (Lipinski definition) is 3. The summed E-state index contributed by atoms with van der Waals surface area (Å²) in [6.45, 7) is 0. The van der Waals surface area contributed by atoms with Crippen LogP contribution in [0.2, 0.25) is 0 Å². The van der Waals surface area contributed by atoms with Crippen LogP contribution >= 0.6 is 11.3 Å². The lowest BCUT2D eigenvalue weighted by molar-refractivity contribution is -0.672. The van der Waals surface area contributed by atoms with Crippen LogP contribution in [0.4, 0.5) is 11.5 Å². The number of methoxy groups -OCH3 is 1. The molecule has 0 bridgehead atoms. The zero-order valence-electron chi connectivity index (χ0n) is 18.2. The molecule has 0 unspecified atom stereocenters. The normalized spacial score (nSPS) is 10.9. The zero-order valence-corrected chi connectivity index (χ0v) is 19.1. The quantitative estimate of drug-likeness (QED) is 0.252. The molecule has 0 saturated heterocycles. The number of thiophene rings is 1. The average molecular weight is 486 g/mol. The van der Waals surface area contributed by atoms with Crippen molar-refractivity contribution in [3.05, 3.63) is 81.2 Å². The van der Waals surface area contributed by atoms with Gasteiger partial charge in [-0.3, -0.25) is 9.32 Å². The van der Waals surface area contributed by atoms with Crippen molar-refractivity contribution in [2.45, 2.75) is 0 Å². The van der Waals surface area contributed by atoms with Crippen molar-refractivity contribution in [2.24, 2.45) is 0 Å². The second kappa shape index (κ2) is 8.44. The number of H-pyrrole nitrogens is 1. The molecule has 0 saturated carbocycles. The molecule has 0 amide bonds. The van der Waals surface area contributed by atoms with Crippen molar-refractivity contribution in [1.29, 1.82) is 5.26 Å². The van der Waals surface area contributed by atoms with Crippen molar-refractivity contribution in [3.63, 3.8) is 0 Å². The van der Waals surface area contributed by atoms with E-state index in [2.05, 4.69) is 16.3 Å². The van der Waals surface area contributed by atoms with Gasteiger partial charge in [0.2, 0.25) is 5.69 Å². The van der Waals surface area contributed by atoms with Crippen LogP contribution in [0.1, 0.15) is 20.9 Å². The number of nitriles is 1. The number of nitrogens with zero attached hydrogens (tertiary/aromatic N) is 3. The monoisotopic (exact) mass is 485 g/mol. The molecule has 0 aliphatic rings. The van der Waals surface area contributed by atoms with E-state index in [0.717, 1.165) is 11.3 Å². The van der Waals surface area contributed by atoms with Gasteiger partial charge in [0.05, 0.1) is 12.8 Å². The Balaban J connectivity index is 1.72. The highest BCUT2D eigenvalue weighted by Crippen LogP contribution is 2.42. The summed E-state index contributed by atoms with van der Waals surface area (Å²) in [5.74, 6) is -0.0341. The maximum absolute atomic E-state index is 13.6. The summed E-state index contributed by atoms with van der Waals surface area (Å²) < 4.78 is 11.3. The predicted molar refractivity (Wildman–Crippen MR) is 129 cm³/mol. The molecule has 5 N–H and O–H groups in total. The molecule has 5 aromatic rings. The van der Waals surface area contributed by atoms with E-state index in [9.17, 15) is 14.9 Å². The van der Waals surface area contributed by atoms with E-state index in [4.69, 9.17) is 20.7 Å². The molecule has 0 radical (unpaired) electrons. The Hall–Kier alpha value is -4.95. The predicted octanol–water partition coefficient (Wildman–Crippen LogP) is 2.80. The maximum Gasteiger partial charge on any atom is 0.439 e. The van der Waals surface area contributed by atoms with Crippen molar-refractivity contribution in [1.82, 2.24) is 10.3 Å². The van der Waals surface area contributed by atoms with E-state index in [-0.39, 0.29) is 27.6 Å². The van der Waals surface area contributed by atoms with E-state index < -0.39 is 11.4 Å². The van der Waals surface area contributed by atoms with Gasteiger partial charge in [-0.1, -0.05) is 30.3 Å². The van der Waals surface area contributed by atoms with Crippen LogP contribution < -0.4 is 26.5 Å². The number of nitrogen functional groups attached to an aromatic ring is 2. The second-order valence-electron chi connectivity index (χ2n) is 7.44. The summed E-state index contributed by atoms with van der Waals surface area (Å²) in [6, 6.07) is 17.9. The Morgan fingerprint density at radius 2 is 1.89 bits per heavy atom. The molecular formula is C24H17N6O4S+. The summed E-state index contributed by atoms with van der Waals surface area (Å²) in [5, 5.41) is 12.6. The molecule has 11 heteroatoms. The van der Waals surface area contributed by atoms with Gasteiger partial charge in [0.1, 0.15) is 32.9 Å². The fraction of sp³-hybridized carbons (Fsp3) is 0.0417. The summed E-state index contributed by atoms with van der Waals surface area (Å²) >= 11 is 0.988. The van der Waals surface area contributed by atoms with Crippen LogP contribution in [0.3, 0.4) is 0 Å². The van der Waals surface area contributed by atoms with Crippen LogP contribution in [0.5, 0.6) is 5.75 Å². The summed E-state index contributed by atoms with van der Waals surface area (Å²) in [5.41, 5.74) is 13.3. The van der Waals surface area contributed by atoms with Gasteiger partial charge in [-0.05, 0) is 27.6 Å². The van der Waals surface area contributed by atoms with Gasteiger partial charge < -0.3 is 16.2 Å². The first-order valence-corrected chi connectivity index (χ1v) is 11.1. The summed E-state index contributed by atoms with van der Waals surface area (Å²) in [4.78, 5) is 30.9. The Labute approximate surface area is 201 Å². The molecule has 172 valence electrons. The fourth-order valence-corrected chi connectivity index (χ4v) is 4.89. The molecule has 0 atom stereocenters. The molecule has 3 heterocycles. The number of benzene rings is 2. The molecule has 0 spiro atoms. The van der Waals surface area contributed by atoms with Crippen molar-refractivity contribution in [3.8, 4) is 28.6 Å². The molecule has 2 aromatic carbocycles. The number of hydrogen-bond acceptors (Lipinski definition) is 9. The van der Waals surface area contributed by atoms with E-state index in [0.29, 0.717) is 32.8 Å². The molecule has 0 aliphatic heterocycles. The number of carbonyl (C=O) groups excluding carboxylic acids is 1. The number of ether oxygens (including phenoxy) is 1. The summed E-state index contributed by atoms with van der Waals surface area (Å²) in [6.07, 6.45) is 0. The third kappa shape index (κ3) is 3.49. The highest BCUT2D eigenvalue weighted by molar-refractivity contribution is 7.21. The lowest BCUT2D eigenvalue weighted by atomic mass is 9.97. The molecule has 0 fully saturated rings. The lowest BCUT2D eigenvalue weighted by Gasteiger charge is -2.09. The molecular weight excluding hydrogens is 468 g/mol. The van der Waals surface area contributed by atoms with E-state index in [1.165, 1.54) is 11.8 Å². The van der Waals surface area contributed by atoms with Crippen LogP contribution in [0.15, 0.2) is 63.9 Å². The number of rotatable bonds is 5. The average Bonchev–Trinajstić information content (AvgIpc) is 3.43. The largest absolute Gasteiger partial charge is 0.497 e. The van der Waals surface area contributed by atoms with E-state index >= 15 is 0 Å². The number of aromatic amines is 1. The number of anilines is 2. The minimum atomic E-state index is -0.865. The van der Waals surface area contributed by atoms with Crippen LogP contribution in [-0.4, -0.2) is 23.1 Å². The lowest BCUT2D eigenvalue weighted by Crippen LogP contribution is -2.41. The zero-order chi connectivity index (χ0) is 24.7. The number of pyridine rings is 1. The summed E-state index contributed by atoms with van der Waals surface area (Å²) in [7, 11) is 1.53. The minimum Gasteiger partial charge on any atom is -0.497 e. The maximum atomic E-state index is 13.6. The van der Waals surface area contributed by atoms with Gasteiger partial charge in [-0.25, -0.2) is 9.78 Å². The van der Waals surface area contributed by atoms with Gasteiger partial charge >= 0.3 is 11.3 Å². The molecule has 0 aliphatic carbocycles. The number of carbonyl (C=O) groups is 1. The first-order valence-electron chi connectivity index (χ1n) is 10.2. The highest BCUT2D eigenvalue weighted by Gasteiger charge is 2.35. The first kappa shape index (κ1) is 21.9. The third-order valence-corrected chi connectivity index (χ3v) is 6.58. The van der Waals surface area contributed by atoms with Crippen molar-refractivity contribution < 1.29 is 18.7 Å². The molecule has 3 aromatic heterocycles.